The van der Waals surface area contributed by atoms with Crippen molar-refractivity contribution in [2.45, 2.75) is 13.2 Å². The van der Waals surface area contributed by atoms with Crippen molar-refractivity contribution in [3.05, 3.63) is 46.8 Å². The second-order valence-electron chi connectivity index (χ2n) is 5.42. The molecule has 2 aromatic rings. The van der Waals surface area contributed by atoms with Gasteiger partial charge in [-0.25, -0.2) is 10.0 Å². The minimum Gasteiger partial charge on any atom is -0.505 e. The van der Waals surface area contributed by atoms with Crippen LogP contribution in [0.5, 0.6) is 17.2 Å². The molecule has 5 N–H and O–H groups in total. The number of fused-ring (bicyclic) bond motifs is 1. The van der Waals surface area contributed by atoms with Crippen molar-refractivity contribution in [2.75, 3.05) is 6.79 Å². The lowest BCUT2D eigenvalue weighted by Crippen LogP contribution is -2.28. The Kier molecular flexibility index (Phi) is 4.61. The van der Waals surface area contributed by atoms with Crippen LogP contribution in [0.2, 0.25) is 0 Å². The Morgan fingerprint density at radius 1 is 1.27 bits per heavy atom. The van der Waals surface area contributed by atoms with E-state index in [-0.39, 0.29) is 24.5 Å². The molecule has 0 atom stereocenters. The molecule has 3 rings (SSSR count). The largest absolute Gasteiger partial charge is 0.505 e. The Morgan fingerprint density at radius 3 is 2.69 bits per heavy atom. The lowest BCUT2D eigenvalue weighted by atomic mass is 10.1. The summed E-state index contributed by atoms with van der Waals surface area (Å²) in [5.41, 5.74) is 4.68. The summed E-state index contributed by atoms with van der Waals surface area (Å²) < 4.78 is 10.4. The molecule has 2 heterocycles. The molecule has 0 saturated carbocycles. The molecular formula is C16H15N3O7. The summed E-state index contributed by atoms with van der Waals surface area (Å²) in [5.74, 6) is -1.63. The number of nitrogens with zero attached hydrogens (tertiary/aromatic N) is 2. The molecular weight excluding hydrogens is 346 g/mol. The molecule has 1 aliphatic heterocycles. The van der Waals surface area contributed by atoms with E-state index < -0.39 is 29.9 Å². The van der Waals surface area contributed by atoms with Crippen molar-refractivity contribution >= 4 is 11.8 Å². The van der Waals surface area contributed by atoms with Crippen molar-refractivity contribution in [1.29, 1.82) is 0 Å². The first-order chi connectivity index (χ1) is 12.4. The van der Waals surface area contributed by atoms with E-state index in [4.69, 9.17) is 15.2 Å². The summed E-state index contributed by atoms with van der Waals surface area (Å²) in [6.45, 7) is -0.863. The fraction of sp³-hybridized carbons (Fsp3) is 0.188. The van der Waals surface area contributed by atoms with Gasteiger partial charge in [0.05, 0.1) is 18.7 Å². The first-order valence-corrected chi connectivity index (χ1v) is 7.43. The lowest BCUT2D eigenvalue weighted by molar-refractivity contribution is -0.0654. The number of aromatic hydroxyl groups is 1. The third kappa shape index (κ3) is 3.10. The van der Waals surface area contributed by atoms with Crippen molar-refractivity contribution in [3.8, 4) is 17.2 Å². The van der Waals surface area contributed by atoms with E-state index in [9.17, 15) is 25.0 Å². The summed E-state index contributed by atoms with van der Waals surface area (Å²) in [6, 6.07) is 4.87. The highest BCUT2D eigenvalue weighted by molar-refractivity contribution is 5.99. The van der Waals surface area contributed by atoms with Gasteiger partial charge < -0.3 is 25.4 Å². The van der Waals surface area contributed by atoms with Gasteiger partial charge in [0.15, 0.2) is 22.9 Å². The number of hydrogen-bond donors (Lipinski definition) is 4. The number of nitrogens with two attached hydrogens (primary N) is 1. The van der Waals surface area contributed by atoms with Crippen molar-refractivity contribution in [3.63, 3.8) is 0 Å². The quantitative estimate of drug-likeness (QED) is 0.433. The van der Waals surface area contributed by atoms with E-state index >= 15 is 0 Å². The Bertz CT molecular complexity index is 884. The van der Waals surface area contributed by atoms with E-state index in [0.29, 0.717) is 22.1 Å². The fourth-order valence-corrected chi connectivity index (χ4v) is 2.47. The molecule has 0 radical (unpaired) electrons. The number of aliphatic hydroxyl groups excluding tert-OH is 1. The maximum atomic E-state index is 12.4. The Labute approximate surface area is 147 Å². The lowest BCUT2D eigenvalue weighted by Gasteiger charge is -2.17. The number of carbonyl (C=O) groups is 2. The SMILES string of the molecule is NC(=O)c1cnc(C(=O)N(O)Cc2ccc3c(c2)OCO3)c(O)c1CO. The predicted octanol–water partition coefficient (Wildman–Crippen LogP) is 0.139. The molecule has 0 fully saturated rings. The number of aromatic nitrogens is 1. The number of rotatable bonds is 5. The minimum absolute atomic E-state index is 0.0918. The molecule has 0 unspecified atom stereocenters. The second-order valence-corrected chi connectivity index (χ2v) is 5.42. The van der Waals surface area contributed by atoms with Crippen LogP contribution in [0.3, 0.4) is 0 Å². The van der Waals surface area contributed by atoms with E-state index in [1.54, 1.807) is 18.2 Å². The van der Waals surface area contributed by atoms with Gasteiger partial charge in [-0.3, -0.25) is 14.8 Å². The highest BCUT2D eigenvalue weighted by Gasteiger charge is 2.25. The van der Waals surface area contributed by atoms with Gasteiger partial charge in [-0.2, -0.15) is 0 Å². The molecule has 10 nitrogen and oxygen atoms in total. The number of aliphatic hydroxyl groups is 1. The van der Waals surface area contributed by atoms with Gasteiger partial charge in [0.1, 0.15) is 0 Å². The van der Waals surface area contributed by atoms with E-state index in [1.165, 1.54) is 0 Å². The highest BCUT2D eigenvalue weighted by atomic mass is 16.7. The second kappa shape index (κ2) is 6.86. The third-order valence-electron chi connectivity index (χ3n) is 3.79. The molecule has 0 bridgehead atoms. The summed E-state index contributed by atoms with van der Waals surface area (Å²) >= 11 is 0. The normalized spacial score (nSPS) is 12.1. The van der Waals surface area contributed by atoms with Crippen LogP contribution in [0.15, 0.2) is 24.4 Å². The van der Waals surface area contributed by atoms with E-state index in [0.717, 1.165) is 6.20 Å². The van der Waals surface area contributed by atoms with Gasteiger partial charge in [0, 0.05) is 11.8 Å². The topological polar surface area (TPSA) is 155 Å². The van der Waals surface area contributed by atoms with E-state index in [2.05, 4.69) is 4.98 Å². The first kappa shape index (κ1) is 17.5. The third-order valence-corrected chi connectivity index (χ3v) is 3.79. The molecule has 0 aliphatic carbocycles. The summed E-state index contributed by atoms with van der Waals surface area (Å²) in [5, 5.41) is 29.8. The van der Waals surface area contributed by atoms with Gasteiger partial charge in [0.2, 0.25) is 6.79 Å². The minimum atomic E-state index is -1.02. The fourth-order valence-electron chi connectivity index (χ4n) is 2.47. The average molecular weight is 361 g/mol. The zero-order valence-corrected chi connectivity index (χ0v) is 13.4. The monoisotopic (exact) mass is 361 g/mol. The molecule has 1 aliphatic rings. The number of benzene rings is 1. The zero-order chi connectivity index (χ0) is 18.8. The van der Waals surface area contributed by atoms with Crippen LogP contribution in [0.25, 0.3) is 0 Å². The number of primary amides is 1. The van der Waals surface area contributed by atoms with Crippen LogP contribution in [0.4, 0.5) is 0 Å². The molecule has 0 spiro atoms. The van der Waals surface area contributed by atoms with Crippen LogP contribution in [-0.2, 0) is 13.2 Å². The maximum Gasteiger partial charge on any atom is 0.299 e. The Hall–Kier alpha value is -3.37. The van der Waals surface area contributed by atoms with Gasteiger partial charge in [-0.15, -0.1) is 0 Å². The molecule has 0 saturated heterocycles. The molecule has 136 valence electrons. The number of hydroxylamine groups is 2. The Balaban J connectivity index is 1.83. The molecule has 2 amide bonds. The number of amides is 2. The number of carbonyl (C=O) groups excluding carboxylic acids is 2. The van der Waals surface area contributed by atoms with Gasteiger partial charge >= 0.3 is 0 Å². The van der Waals surface area contributed by atoms with Gasteiger partial charge in [-0.05, 0) is 17.7 Å². The molecule has 26 heavy (non-hydrogen) atoms. The van der Waals surface area contributed by atoms with Gasteiger partial charge in [-0.1, -0.05) is 6.07 Å². The van der Waals surface area contributed by atoms with Crippen molar-refractivity contribution in [1.82, 2.24) is 10.0 Å². The predicted molar refractivity (Wildman–Crippen MR) is 84.6 cm³/mol. The molecule has 1 aromatic heterocycles. The number of hydrogen-bond acceptors (Lipinski definition) is 8. The van der Waals surface area contributed by atoms with Crippen molar-refractivity contribution in [2.24, 2.45) is 5.73 Å². The summed E-state index contributed by atoms with van der Waals surface area (Å²) in [6.07, 6.45) is 0.954. The molecule has 1 aromatic carbocycles. The van der Waals surface area contributed by atoms with E-state index in [1.807, 2.05) is 0 Å². The van der Waals surface area contributed by atoms with Crippen LogP contribution in [0, 0.1) is 0 Å². The van der Waals surface area contributed by atoms with Crippen molar-refractivity contribution < 1.29 is 34.5 Å². The average Bonchev–Trinajstić information content (AvgIpc) is 3.08. The summed E-state index contributed by atoms with van der Waals surface area (Å²) in [4.78, 5) is 27.3. The Morgan fingerprint density at radius 2 is 2.00 bits per heavy atom. The van der Waals surface area contributed by atoms with Crippen LogP contribution < -0.4 is 15.2 Å². The number of ether oxygens (including phenoxy) is 2. The molecule has 10 heteroatoms. The highest BCUT2D eigenvalue weighted by Crippen LogP contribution is 2.33. The van der Waals surface area contributed by atoms with Gasteiger partial charge in [0.25, 0.3) is 11.8 Å². The standard InChI is InChI=1S/C16H15N3O7/c17-15(22)9-4-18-13(14(21)10(9)6-20)16(23)19(24)5-8-1-2-11-12(3-8)26-7-25-11/h1-4,20-21,24H,5-7H2,(H2,17,22). The van der Waals surface area contributed by atoms with Crippen LogP contribution in [0.1, 0.15) is 32.0 Å². The zero-order valence-electron chi connectivity index (χ0n) is 13.4. The smallest absolute Gasteiger partial charge is 0.299 e. The van der Waals surface area contributed by atoms with Crippen LogP contribution >= 0.6 is 0 Å². The first-order valence-electron chi connectivity index (χ1n) is 7.43. The van der Waals surface area contributed by atoms with Crippen LogP contribution in [-0.4, -0.2) is 44.1 Å². The maximum absolute atomic E-state index is 12.4. The summed E-state index contributed by atoms with van der Waals surface area (Å²) in [7, 11) is 0. The number of pyridine rings is 1.